The zero-order chi connectivity index (χ0) is 13.5. The molecule has 0 unspecified atom stereocenters. The maximum Gasteiger partial charge on any atom is 0.238 e. The first-order chi connectivity index (χ1) is 8.52. The Labute approximate surface area is 109 Å². The van der Waals surface area contributed by atoms with E-state index >= 15 is 0 Å². The molecule has 0 aliphatic carbocycles. The first-order valence-electron chi connectivity index (χ1n) is 6.30. The van der Waals surface area contributed by atoms with E-state index in [9.17, 15) is 4.79 Å². The van der Waals surface area contributed by atoms with Gasteiger partial charge in [0, 0.05) is 5.69 Å². The third-order valence-electron chi connectivity index (χ3n) is 2.38. The number of hydrogen-bond acceptors (Lipinski definition) is 3. The molecule has 1 aromatic carbocycles. The Hall–Kier alpha value is -1.55. The van der Waals surface area contributed by atoms with E-state index in [0.717, 1.165) is 23.5 Å². The monoisotopic (exact) mass is 250 g/mol. The van der Waals surface area contributed by atoms with Gasteiger partial charge in [-0.1, -0.05) is 6.92 Å². The van der Waals surface area contributed by atoms with Crippen molar-refractivity contribution in [1.82, 2.24) is 5.32 Å². The lowest BCUT2D eigenvalue weighted by Crippen LogP contribution is -2.28. The topological polar surface area (TPSA) is 50.4 Å². The molecule has 0 aliphatic rings. The normalized spacial score (nSPS) is 10.5. The summed E-state index contributed by atoms with van der Waals surface area (Å²) in [6.45, 7) is 9.02. The van der Waals surface area contributed by atoms with Crippen LogP contribution in [0.3, 0.4) is 0 Å². The van der Waals surface area contributed by atoms with Gasteiger partial charge < -0.3 is 15.4 Å². The van der Waals surface area contributed by atoms with Gasteiger partial charge in [-0.25, -0.2) is 0 Å². The second-order valence-corrected chi connectivity index (χ2v) is 4.47. The molecule has 1 rings (SSSR count). The van der Waals surface area contributed by atoms with E-state index in [1.807, 2.05) is 45.9 Å². The first kappa shape index (κ1) is 14.5. The Bertz CT molecular complexity index is 403. The molecule has 0 saturated carbocycles. The average Bonchev–Trinajstić information content (AvgIpc) is 2.29. The third-order valence-corrected chi connectivity index (χ3v) is 2.38. The van der Waals surface area contributed by atoms with Crippen LogP contribution in [-0.4, -0.2) is 25.1 Å². The number of nitrogens with one attached hydrogen (secondary N) is 2. The number of aryl methyl sites for hydroxylation is 1. The van der Waals surface area contributed by atoms with Crippen LogP contribution < -0.4 is 15.4 Å². The lowest BCUT2D eigenvalue weighted by molar-refractivity contribution is -0.115. The summed E-state index contributed by atoms with van der Waals surface area (Å²) < 4.78 is 5.59. The summed E-state index contributed by atoms with van der Waals surface area (Å²) in [4.78, 5) is 11.6. The maximum absolute atomic E-state index is 11.6. The van der Waals surface area contributed by atoms with Crippen molar-refractivity contribution in [1.29, 1.82) is 0 Å². The van der Waals surface area contributed by atoms with Crippen molar-refractivity contribution in [2.24, 2.45) is 0 Å². The Kier molecular flexibility index (Phi) is 5.65. The number of rotatable bonds is 6. The molecule has 0 atom stereocenters. The van der Waals surface area contributed by atoms with Gasteiger partial charge in [-0.3, -0.25) is 4.79 Å². The Morgan fingerprint density at radius 3 is 2.67 bits per heavy atom. The quantitative estimate of drug-likeness (QED) is 0.814. The molecule has 0 aromatic heterocycles. The molecule has 0 aliphatic heterocycles. The maximum atomic E-state index is 11.6. The molecular formula is C14H22N2O2. The van der Waals surface area contributed by atoms with Crippen LogP contribution in [0, 0.1) is 6.92 Å². The molecule has 2 N–H and O–H groups in total. The molecule has 1 amide bonds. The summed E-state index contributed by atoms with van der Waals surface area (Å²) in [5.41, 5.74) is 1.83. The number of hydrogen-bond donors (Lipinski definition) is 2. The van der Waals surface area contributed by atoms with Crippen molar-refractivity contribution in [3.8, 4) is 5.75 Å². The largest absolute Gasteiger partial charge is 0.491 e. The van der Waals surface area contributed by atoms with Crippen molar-refractivity contribution in [2.75, 3.05) is 18.4 Å². The van der Waals surface area contributed by atoms with E-state index in [2.05, 4.69) is 10.6 Å². The van der Waals surface area contributed by atoms with Crippen LogP contribution >= 0.6 is 0 Å². The minimum Gasteiger partial charge on any atom is -0.491 e. The lowest BCUT2D eigenvalue weighted by atomic mass is 10.2. The summed E-state index contributed by atoms with van der Waals surface area (Å²) in [5, 5.41) is 5.86. The molecule has 18 heavy (non-hydrogen) atoms. The molecule has 100 valence electrons. The van der Waals surface area contributed by atoms with Crippen LogP contribution in [0.4, 0.5) is 5.69 Å². The molecule has 0 saturated heterocycles. The number of benzene rings is 1. The third kappa shape index (κ3) is 4.75. The molecule has 4 heteroatoms. The molecule has 0 radical (unpaired) electrons. The van der Waals surface area contributed by atoms with Crippen molar-refractivity contribution >= 4 is 11.6 Å². The first-order valence-corrected chi connectivity index (χ1v) is 6.30. The van der Waals surface area contributed by atoms with Crippen LogP contribution in [0.5, 0.6) is 5.75 Å². The van der Waals surface area contributed by atoms with Gasteiger partial charge in [0.25, 0.3) is 0 Å². The van der Waals surface area contributed by atoms with Gasteiger partial charge in [0.2, 0.25) is 5.91 Å². The molecule has 4 nitrogen and oxygen atoms in total. The van der Waals surface area contributed by atoms with E-state index in [1.54, 1.807) is 0 Å². The zero-order valence-corrected chi connectivity index (χ0v) is 11.5. The number of carbonyl (C=O) groups is 1. The van der Waals surface area contributed by atoms with Gasteiger partial charge in [0.15, 0.2) is 0 Å². The number of anilines is 1. The fraction of sp³-hybridized carbons (Fsp3) is 0.500. The van der Waals surface area contributed by atoms with Gasteiger partial charge in [-0.05, 0) is 51.1 Å². The number of amides is 1. The molecule has 0 spiro atoms. The Morgan fingerprint density at radius 2 is 2.11 bits per heavy atom. The number of likely N-dealkylation sites (N-methyl/N-ethyl adjacent to an activating group) is 1. The summed E-state index contributed by atoms with van der Waals surface area (Å²) in [6.07, 6.45) is 0.151. The van der Waals surface area contributed by atoms with Crippen LogP contribution in [0.15, 0.2) is 18.2 Å². The second-order valence-electron chi connectivity index (χ2n) is 4.47. The average molecular weight is 250 g/mol. The fourth-order valence-corrected chi connectivity index (χ4v) is 1.55. The smallest absolute Gasteiger partial charge is 0.238 e. The van der Waals surface area contributed by atoms with Gasteiger partial charge >= 0.3 is 0 Å². The SMILES string of the molecule is CCNCC(=O)Nc1ccc(OC(C)C)cc1C. The van der Waals surface area contributed by atoms with Crippen LogP contribution in [0.25, 0.3) is 0 Å². The van der Waals surface area contributed by atoms with Crippen LogP contribution in [0.1, 0.15) is 26.3 Å². The number of carbonyl (C=O) groups excluding carboxylic acids is 1. The zero-order valence-electron chi connectivity index (χ0n) is 11.5. The summed E-state index contributed by atoms with van der Waals surface area (Å²) in [7, 11) is 0. The summed E-state index contributed by atoms with van der Waals surface area (Å²) in [5.74, 6) is 0.796. The van der Waals surface area contributed by atoms with Crippen molar-refractivity contribution < 1.29 is 9.53 Å². The van der Waals surface area contributed by atoms with Crippen molar-refractivity contribution in [3.05, 3.63) is 23.8 Å². The predicted octanol–water partition coefficient (Wildman–Crippen LogP) is 2.33. The highest BCUT2D eigenvalue weighted by molar-refractivity contribution is 5.93. The lowest BCUT2D eigenvalue weighted by Gasteiger charge is -2.13. The van der Waals surface area contributed by atoms with Gasteiger partial charge in [0.05, 0.1) is 12.6 Å². The van der Waals surface area contributed by atoms with Crippen LogP contribution in [-0.2, 0) is 4.79 Å². The van der Waals surface area contributed by atoms with E-state index in [4.69, 9.17) is 4.74 Å². The van der Waals surface area contributed by atoms with Crippen molar-refractivity contribution in [2.45, 2.75) is 33.8 Å². The highest BCUT2D eigenvalue weighted by Crippen LogP contribution is 2.22. The van der Waals surface area contributed by atoms with Crippen LogP contribution in [0.2, 0.25) is 0 Å². The Morgan fingerprint density at radius 1 is 1.39 bits per heavy atom. The standard InChI is InChI=1S/C14H22N2O2/c1-5-15-9-14(17)16-13-7-6-12(8-11(13)4)18-10(2)3/h6-8,10,15H,5,9H2,1-4H3,(H,16,17). The molecule has 0 fully saturated rings. The fourth-order valence-electron chi connectivity index (χ4n) is 1.55. The van der Waals surface area contributed by atoms with Crippen molar-refractivity contribution in [3.63, 3.8) is 0 Å². The highest BCUT2D eigenvalue weighted by atomic mass is 16.5. The second kappa shape index (κ2) is 7.01. The minimum atomic E-state index is -0.0301. The van der Waals surface area contributed by atoms with Gasteiger partial charge in [-0.2, -0.15) is 0 Å². The van der Waals surface area contributed by atoms with Gasteiger partial charge in [0.1, 0.15) is 5.75 Å². The van der Waals surface area contributed by atoms with E-state index in [1.165, 1.54) is 0 Å². The number of ether oxygens (including phenoxy) is 1. The molecule has 0 bridgehead atoms. The summed E-state index contributed by atoms with van der Waals surface area (Å²) >= 11 is 0. The molecule has 1 aromatic rings. The van der Waals surface area contributed by atoms with Gasteiger partial charge in [-0.15, -0.1) is 0 Å². The predicted molar refractivity (Wildman–Crippen MR) is 74.1 cm³/mol. The minimum absolute atomic E-state index is 0.0301. The van der Waals surface area contributed by atoms with E-state index in [0.29, 0.717) is 6.54 Å². The highest BCUT2D eigenvalue weighted by Gasteiger charge is 2.06. The Balaban J connectivity index is 2.64. The molecule has 0 heterocycles. The molecular weight excluding hydrogens is 228 g/mol. The van der Waals surface area contributed by atoms with E-state index < -0.39 is 0 Å². The van der Waals surface area contributed by atoms with E-state index in [-0.39, 0.29) is 12.0 Å². The summed E-state index contributed by atoms with van der Waals surface area (Å²) in [6, 6.07) is 5.68.